The van der Waals surface area contributed by atoms with Crippen LogP contribution in [-0.2, 0) is 0 Å². The lowest BCUT2D eigenvalue weighted by atomic mass is 9.95. The van der Waals surface area contributed by atoms with Crippen LogP contribution in [0.3, 0.4) is 0 Å². The van der Waals surface area contributed by atoms with Crippen LogP contribution in [0.2, 0.25) is 0 Å². The molecule has 1 N–H and O–H groups in total. The lowest BCUT2D eigenvalue weighted by Gasteiger charge is -2.22. The summed E-state index contributed by atoms with van der Waals surface area (Å²) in [6.45, 7) is 5.35. The molecular formula is C18H23NO. The van der Waals surface area contributed by atoms with Gasteiger partial charge in [-0.15, -0.1) is 0 Å². The molecule has 2 nitrogen and oxygen atoms in total. The minimum atomic E-state index is 0.214. The number of methoxy groups -OCH3 is 1. The van der Waals surface area contributed by atoms with Crippen molar-refractivity contribution in [1.29, 1.82) is 0 Å². The molecule has 2 rings (SSSR count). The third kappa shape index (κ3) is 3.40. The van der Waals surface area contributed by atoms with E-state index < -0.39 is 0 Å². The molecular weight excluding hydrogens is 246 g/mol. The lowest BCUT2D eigenvalue weighted by molar-refractivity contribution is 0.413. The van der Waals surface area contributed by atoms with Gasteiger partial charge >= 0.3 is 0 Å². The van der Waals surface area contributed by atoms with Gasteiger partial charge in [0.15, 0.2) is 0 Å². The molecule has 0 aliphatic carbocycles. The van der Waals surface area contributed by atoms with E-state index >= 15 is 0 Å². The van der Waals surface area contributed by atoms with Gasteiger partial charge in [0.2, 0.25) is 0 Å². The number of ether oxygens (including phenoxy) is 1. The van der Waals surface area contributed by atoms with Gasteiger partial charge in [-0.1, -0.05) is 43.3 Å². The van der Waals surface area contributed by atoms with Crippen LogP contribution in [0.5, 0.6) is 5.75 Å². The fourth-order valence-electron chi connectivity index (χ4n) is 2.43. The molecule has 0 radical (unpaired) electrons. The van der Waals surface area contributed by atoms with E-state index in [2.05, 4.69) is 55.6 Å². The highest BCUT2D eigenvalue weighted by Gasteiger charge is 2.15. The average molecular weight is 269 g/mol. The third-order valence-electron chi connectivity index (χ3n) is 3.53. The van der Waals surface area contributed by atoms with Gasteiger partial charge in [0.1, 0.15) is 5.75 Å². The van der Waals surface area contributed by atoms with Crippen molar-refractivity contribution in [3.63, 3.8) is 0 Å². The van der Waals surface area contributed by atoms with Crippen LogP contribution >= 0.6 is 0 Å². The number of hydrogen-bond acceptors (Lipinski definition) is 2. The van der Waals surface area contributed by atoms with Gasteiger partial charge in [-0.25, -0.2) is 0 Å². The first kappa shape index (κ1) is 14.6. The van der Waals surface area contributed by atoms with Gasteiger partial charge in [-0.3, -0.25) is 0 Å². The van der Waals surface area contributed by atoms with Crippen molar-refractivity contribution >= 4 is 0 Å². The fourth-order valence-corrected chi connectivity index (χ4v) is 2.43. The van der Waals surface area contributed by atoms with Crippen LogP contribution < -0.4 is 10.1 Å². The van der Waals surface area contributed by atoms with Gasteiger partial charge < -0.3 is 10.1 Å². The van der Waals surface area contributed by atoms with E-state index in [1.54, 1.807) is 7.11 Å². The van der Waals surface area contributed by atoms with E-state index in [1.807, 2.05) is 12.1 Å². The van der Waals surface area contributed by atoms with Gasteiger partial charge in [-0.05, 0) is 48.7 Å². The second-order valence-corrected chi connectivity index (χ2v) is 5.02. The minimum absolute atomic E-state index is 0.214. The number of benzene rings is 2. The summed E-state index contributed by atoms with van der Waals surface area (Å²) in [4.78, 5) is 0. The number of hydrogen-bond donors (Lipinski definition) is 1. The van der Waals surface area contributed by atoms with Crippen molar-refractivity contribution in [2.45, 2.75) is 26.3 Å². The second kappa shape index (κ2) is 7.11. The molecule has 0 fully saturated rings. The van der Waals surface area contributed by atoms with Crippen molar-refractivity contribution in [2.75, 3.05) is 13.7 Å². The highest BCUT2D eigenvalue weighted by molar-refractivity contribution is 5.39. The lowest BCUT2D eigenvalue weighted by Crippen LogP contribution is -2.23. The Kier molecular flexibility index (Phi) is 5.19. The molecule has 0 spiro atoms. The highest BCUT2D eigenvalue weighted by Crippen LogP contribution is 2.27. The monoisotopic (exact) mass is 269 g/mol. The quantitative estimate of drug-likeness (QED) is 0.852. The molecule has 0 amide bonds. The van der Waals surface area contributed by atoms with Gasteiger partial charge in [0.05, 0.1) is 13.2 Å². The first-order valence-electron chi connectivity index (χ1n) is 7.19. The molecule has 0 aromatic heterocycles. The third-order valence-corrected chi connectivity index (χ3v) is 3.53. The zero-order chi connectivity index (χ0) is 14.4. The Morgan fingerprint density at radius 3 is 2.60 bits per heavy atom. The molecule has 2 aromatic rings. The summed E-state index contributed by atoms with van der Waals surface area (Å²) in [5.41, 5.74) is 3.88. The maximum atomic E-state index is 5.35. The van der Waals surface area contributed by atoms with Crippen molar-refractivity contribution < 1.29 is 4.74 Å². The first-order chi connectivity index (χ1) is 9.76. The van der Waals surface area contributed by atoms with Gasteiger partial charge in [0.25, 0.3) is 0 Å². The molecule has 2 heteroatoms. The van der Waals surface area contributed by atoms with E-state index in [9.17, 15) is 0 Å². The topological polar surface area (TPSA) is 21.3 Å². The molecule has 0 aliphatic rings. The summed E-state index contributed by atoms with van der Waals surface area (Å²) in [5, 5.41) is 3.64. The van der Waals surface area contributed by atoms with Crippen LogP contribution in [0.1, 0.15) is 36.1 Å². The van der Waals surface area contributed by atoms with Gasteiger partial charge in [-0.2, -0.15) is 0 Å². The Balaban J connectivity index is 2.38. The number of nitrogens with one attached hydrogen (secondary N) is 1. The number of rotatable bonds is 6. The summed E-state index contributed by atoms with van der Waals surface area (Å²) in [6, 6.07) is 17.1. The Labute approximate surface area is 121 Å². The first-order valence-corrected chi connectivity index (χ1v) is 7.19. The zero-order valence-corrected chi connectivity index (χ0v) is 12.5. The van der Waals surface area contributed by atoms with Crippen molar-refractivity contribution in [3.05, 3.63) is 65.2 Å². The van der Waals surface area contributed by atoms with E-state index in [1.165, 1.54) is 16.7 Å². The molecule has 1 unspecified atom stereocenters. The summed E-state index contributed by atoms with van der Waals surface area (Å²) in [7, 11) is 1.71. The van der Waals surface area contributed by atoms with Crippen molar-refractivity contribution in [1.82, 2.24) is 5.32 Å². The number of aryl methyl sites for hydroxylation is 1. The molecule has 0 heterocycles. The van der Waals surface area contributed by atoms with E-state index in [-0.39, 0.29) is 6.04 Å². The van der Waals surface area contributed by atoms with Crippen LogP contribution in [-0.4, -0.2) is 13.7 Å². The minimum Gasteiger partial charge on any atom is -0.497 e. The Morgan fingerprint density at radius 2 is 1.90 bits per heavy atom. The average Bonchev–Trinajstić information content (AvgIpc) is 2.49. The Bertz CT molecular complexity index is 551. The summed E-state index contributed by atoms with van der Waals surface area (Å²) >= 11 is 0. The molecule has 0 bridgehead atoms. The molecule has 0 saturated heterocycles. The highest BCUT2D eigenvalue weighted by atomic mass is 16.5. The van der Waals surface area contributed by atoms with Crippen molar-refractivity contribution in [3.8, 4) is 5.75 Å². The smallest absolute Gasteiger partial charge is 0.119 e. The zero-order valence-electron chi connectivity index (χ0n) is 12.5. The maximum absolute atomic E-state index is 5.35. The summed E-state index contributed by atoms with van der Waals surface area (Å²) in [6.07, 6.45) is 1.12. The van der Waals surface area contributed by atoms with Crippen LogP contribution in [0.25, 0.3) is 0 Å². The van der Waals surface area contributed by atoms with E-state index in [0.29, 0.717) is 0 Å². The molecule has 106 valence electrons. The normalized spacial score (nSPS) is 12.2. The molecule has 1 atom stereocenters. The fraction of sp³-hybridized carbons (Fsp3) is 0.333. The summed E-state index contributed by atoms with van der Waals surface area (Å²) in [5.74, 6) is 0.902. The predicted molar refractivity (Wildman–Crippen MR) is 84.3 cm³/mol. The molecule has 0 saturated carbocycles. The maximum Gasteiger partial charge on any atom is 0.119 e. The van der Waals surface area contributed by atoms with Crippen molar-refractivity contribution in [2.24, 2.45) is 0 Å². The summed E-state index contributed by atoms with van der Waals surface area (Å²) < 4.78 is 5.35. The largest absolute Gasteiger partial charge is 0.497 e. The van der Waals surface area contributed by atoms with Crippen LogP contribution in [0.15, 0.2) is 48.5 Å². The second-order valence-electron chi connectivity index (χ2n) is 5.02. The SMILES string of the molecule is CCCNC(c1cccc(OC)c1)c1ccccc1C. The molecule has 20 heavy (non-hydrogen) atoms. The predicted octanol–water partition coefficient (Wildman–Crippen LogP) is 4.09. The molecule has 2 aromatic carbocycles. The Morgan fingerprint density at radius 1 is 1.10 bits per heavy atom. The van der Waals surface area contributed by atoms with Crippen LogP contribution in [0, 0.1) is 6.92 Å². The van der Waals surface area contributed by atoms with Crippen LogP contribution in [0.4, 0.5) is 0 Å². The standard InChI is InChI=1S/C18H23NO/c1-4-12-19-18(17-11-6-5-8-14(17)2)15-9-7-10-16(13-15)20-3/h5-11,13,18-19H,4,12H2,1-3H3. The Hall–Kier alpha value is -1.80. The molecule has 0 aliphatic heterocycles. The van der Waals surface area contributed by atoms with E-state index in [4.69, 9.17) is 4.74 Å². The van der Waals surface area contributed by atoms with E-state index in [0.717, 1.165) is 18.7 Å². The van der Waals surface area contributed by atoms with Gasteiger partial charge in [0, 0.05) is 0 Å².